The summed E-state index contributed by atoms with van der Waals surface area (Å²) >= 11 is 6.02. The van der Waals surface area contributed by atoms with Crippen LogP contribution in [0.1, 0.15) is 22.3 Å². The van der Waals surface area contributed by atoms with E-state index in [4.69, 9.17) is 22.1 Å². The first-order valence-electron chi connectivity index (χ1n) is 6.77. The molecule has 0 heterocycles. The Morgan fingerprint density at radius 1 is 1.10 bits per heavy atom. The lowest BCUT2D eigenvalue weighted by Gasteiger charge is -2.12. The SMILES string of the molecule is Cc1cc(Cl)cc(C)c1OCc1ccc(C#CCN)cc1. The van der Waals surface area contributed by atoms with Crippen LogP contribution in [-0.2, 0) is 6.61 Å². The van der Waals surface area contributed by atoms with E-state index in [-0.39, 0.29) is 0 Å². The highest BCUT2D eigenvalue weighted by Crippen LogP contribution is 2.27. The lowest BCUT2D eigenvalue weighted by atomic mass is 10.1. The zero-order valence-corrected chi connectivity index (χ0v) is 13.0. The van der Waals surface area contributed by atoms with E-state index in [1.165, 1.54) is 0 Å². The Hall–Kier alpha value is -1.95. The second kappa shape index (κ2) is 7.17. The number of rotatable bonds is 3. The summed E-state index contributed by atoms with van der Waals surface area (Å²) in [5, 5.41) is 0.736. The Morgan fingerprint density at radius 3 is 2.29 bits per heavy atom. The van der Waals surface area contributed by atoms with Gasteiger partial charge in [0, 0.05) is 10.6 Å². The van der Waals surface area contributed by atoms with E-state index in [1.807, 2.05) is 50.2 Å². The molecule has 0 aliphatic heterocycles. The molecule has 3 heteroatoms. The second-order valence-corrected chi connectivity index (χ2v) is 5.30. The van der Waals surface area contributed by atoms with Gasteiger partial charge in [0.15, 0.2) is 0 Å². The molecule has 0 atom stereocenters. The predicted octanol–water partition coefficient (Wildman–Crippen LogP) is 3.85. The maximum absolute atomic E-state index is 6.02. The second-order valence-electron chi connectivity index (χ2n) is 4.86. The maximum atomic E-state index is 6.02. The largest absolute Gasteiger partial charge is 0.488 e. The van der Waals surface area contributed by atoms with E-state index in [0.29, 0.717) is 13.2 Å². The Kier molecular flexibility index (Phi) is 5.27. The first-order valence-corrected chi connectivity index (χ1v) is 7.15. The molecule has 0 unspecified atom stereocenters. The minimum absolute atomic E-state index is 0.375. The first-order chi connectivity index (χ1) is 10.1. The average molecular weight is 300 g/mol. The van der Waals surface area contributed by atoms with Crippen LogP contribution in [0.15, 0.2) is 36.4 Å². The number of hydrogen-bond donors (Lipinski definition) is 1. The number of ether oxygens (including phenoxy) is 1. The van der Waals surface area contributed by atoms with Gasteiger partial charge in [-0.1, -0.05) is 35.6 Å². The van der Waals surface area contributed by atoms with Crippen LogP contribution in [-0.4, -0.2) is 6.54 Å². The summed E-state index contributed by atoms with van der Waals surface area (Å²) in [6.45, 7) is 4.90. The quantitative estimate of drug-likeness (QED) is 0.874. The van der Waals surface area contributed by atoms with Crippen molar-refractivity contribution in [3.63, 3.8) is 0 Å². The van der Waals surface area contributed by atoms with Crippen molar-refractivity contribution < 1.29 is 4.74 Å². The van der Waals surface area contributed by atoms with Gasteiger partial charge in [-0.3, -0.25) is 0 Å². The van der Waals surface area contributed by atoms with E-state index in [1.54, 1.807) is 0 Å². The molecule has 0 aliphatic carbocycles. The van der Waals surface area contributed by atoms with Crippen molar-refractivity contribution in [2.24, 2.45) is 5.73 Å². The van der Waals surface area contributed by atoms with E-state index >= 15 is 0 Å². The fourth-order valence-corrected chi connectivity index (χ4v) is 2.45. The number of halogens is 1. The molecule has 2 aromatic carbocycles. The molecule has 21 heavy (non-hydrogen) atoms. The van der Waals surface area contributed by atoms with Gasteiger partial charge in [-0.2, -0.15) is 0 Å². The van der Waals surface area contributed by atoms with Crippen LogP contribution in [0.5, 0.6) is 5.75 Å². The number of aryl methyl sites for hydroxylation is 2. The van der Waals surface area contributed by atoms with Crippen LogP contribution in [0.25, 0.3) is 0 Å². The fourth-order valence-electron chi connectivity index (χ4n) is 2.12. The third-order valence-electron chi connectivity index (χ3n) is 3.10. The molecule has 0 aromatic heterocycles. The fraction of sp³-hybridized carbons (Fsp3) is 0.222. The summed E-state index contributed by atoms with van der Waals surface area (Å²) in [6, 6.07) is 11.8. The molecule has 0 amide bonds. The van der Waals surface area contributed by atoms with Gasteiger partial charge in [0.05, 0.1) is 6.54 Å². The van der Waals surface area contributed by atoms with Crippen molar-refractivity contribution >= 4 is 11.6 Å². The zero-order chi connectivity index (χ0) is 15.2. The highest BCUT2D eigenvalue weighted by molar-refractivity contribution is 6.30. The van der Waals surface area contributed by atoms with Gasteiger partial charge in [-0.25, -0.2) is 0 Å². The summed E-state index contributed by atoms with van der Waals surface area (Å²) in [4.78, 5) is 0. The molecule has 0 bridgehead atoms. The molecule has 108 valence electrons. The third-order valence-corrected chi connectivity index (χ3v) is 3.32. The average Bonchev–Trinajstić information content (AvgIpc) is 2.45. The van der Waals surface area contributed by atoms with E-state index in [0.717, 1.165) is 33.0 Å². The molecule has 0 spiro atoms. The maximum Gasteiger partial charge on any atom is 0.125 e. The molecule has 0 fully saturated rings. The van der Waals surface area contributed by atoms with Gasteiger partial charge in [0.2, 0.25) is 0 Å². The van der Waals surface area contributed by atoms with Gasteiger partial charge in [0.25, 0.3) is 0 Å². The zero-order valence-electron chi connectivity index (χ0n) is 12.2. The summed E-state index contributed by atoms with van der Waals surface area (Å²) in [7, 11) is 0. The molecule has 0 radical (unpaired) electrons. The van der Waals surface area contributed by atoms with Crippen molar-refractivity contribution in [3.8, 4) is 17.6 Å². The Bertz CT molecular complexity index is 658. The number of nitrogens with two attached hydrogens (primary N) is 1. The molecule has 2 rings (SSSR count). The predicted molar refractivity (Wildman–Crippen MR) is 87.6 cm³/mol. The Balaban J connectivity index is 2.07. The topological polar surface area (TPSA) is 35.2 Å². The van der Waals surface area contributed by atoms with E-state index in [9.17, 15) is 0 Å². The molecular formula is C18H18ClNO. The van der Waals surface area contributed by atoms with Crippen LogP contribution < -0.4 is 10.5 Å². The lowest BCUT2D eigenvalue weighted by Crippen LogP contribution is -1.99. The van der Waals surface area contributed by atoms with Crippen molar-refractivity contribution in [1.82, 2.24) is 0 Å². The number of hydrogen-bond acceptors (Lipinski definition) is 2. The molecular weight excluding hydrogens is 282 g/mol. The molecule has 2 N–H and O–H groups in total. The summed E-state index contributed by atoms with van der Waals surface area (Å²) in [5.74, 6) is 6.73. The van der Waals surface area contributed by atoms with Crippen molar-refractivity contribution in [2.75, 3.05) is 6.54 Å². The molecule has 2 nitrogen and oxygen atoms in total. The summed E-state index contributed by atoms with van der Waals surface area (Å²) < 4.78 is 5.91. The normalized spacial score (nSPS) is 9.90. The minimum Gasteiger partial charge on any atom is -0.488 e. The van der Waals surface area contributed by atoms with Gasteiger partial charge in [0.1, 0.15) is 12.4 Å². The smallest absolute Gasteiger partial charge is 0.125 e. The van der Waals surface area contributed by atoms with Gasteiger partial charge >= 0.3 is 0 Å². The van der Waals surface area contributed by atoms with Gasteiger partial charge in [-0.15, -0.1) is 0 Å². The van der Waals surface area contributed by atoms with Crippen LogP contribution >= 0.6 is 11.6 Å². The molecule has 0 aliphatic rings. The Morgan fingerprint density at radius 2 is 1.71 bits per heavy atom. The van der Waals surface area contributed by atoms with Gasteiger partial charge < -0.3 is 10.5 Å². The van der Waals surface area contributed by atoms with Crippen molar-refractivity contribution in [3.05, 3.63) is 63.7 Å². The van der Waals surface area contributed by atoms with Crippen LogP contribution in [0.3, 0.4) is 0 Å². The molecule has 0 saturated carbocycles. The van der Waals surface area contributed by atoms with Crippen molar-refractivity contribution in [2.45, 2.75) is 20.5 Å². The van der Waals surface area contributed by atoms with Crippen molar-refractivity contribution in [1.29, 1.82) is 0 Å². The Labute approximate surface area is 130 Å². The monoisotopic (exact) mass is 299 g/mol. The van der Waals surface area contributed by atoms with Crippen LogP contribution in [0.4, 0.5) is 0 Å². The van der Waals surface area contributed by atoms with E-state index < -0.39 is 0 Å². The summed E-state index contributed by atoms with van der Waals surface area (Å²) in [6.07, 6.45) is 0. The number of benzene rings is 2. The standard InChI is InChI=1S/C18H18ClNO/c1-13-10-17(19)11-14(2)18(13)21-12-16-7-5-15(6-8-16)4-3-9-20/h5-8,10-11H,9,12,20H2,1-2H3. The summed E-state index contributed by atoms with van der Waals surface area (Å²) in [5.41, 5.74) is 9.51. The van der Waals surface area contributed by atoms with Crippen LogP contribution in [0.2, 0.25) is 5.02 Å². The van der Waals surface area contributed by atoms with Crippen LogP contribution in [0, 0.1) is 25.7 Å². The highest BCUT2D eigenvalue weighted by Gasteiger charge is 2.06. The lowest BCUT2D eigenvalue weighted by molar-refractivity contribution is 0.302. The first kappa shape index (κ1) is 15.4. The molecule has 2 aromatic rings. The highest BCUT2D eigenvalue weighted by atomic mass is 35.5. The minimum atomic E-state index is 0.375. The molecule has 0 saturated heterocycles. The van der Waals surface area contributed by atoms with Gasteiger partial charge in [-0.05, 0) is 54.8 Å². The van der Waals surface area contributed by atoms with E-state index in [2.05, 4.69) is 11.8 Å². The third kappa shape index (κ3) is 4.26.